The first-order valence-corrected chi connectivity index (χ1v) is 7.12. The monoisotopic (exact) mass is 268 g/mol. The summed E-state index contributed by atoms with van der Waals surface area (Å²) < 4.78 is 18.5. The molecule has 2 unspecified atom stereocenters. The summed E-state index contributed by atoms with van der Waals surface area (Å²) in [5.41, 5.74) is 0.820. The van der Waals surface area contributed by atoms with Gasteiger partial charge in [-0.3, -0.25) is 0 Å². The highest BCUT2D eigenvalue weighted by Gasteiger charge is 2.18. The van der Waals surface area contributed by atoms with Crippen molar-refractivity contribution in [2.75, 3.05) is 7.11 Å². The number of halogens is 1. The van der Waals surface area contributed by atoms with Crippen LogP contribution in [0.5, 0.6) is 5.75 Å². The maximum atomic E-state index is 13.6. The lowest BCUT2D eigenvalue weighted by Crippen LogP contribution is -2.22. The van der Waals surface area contributed by atoms with Gasteiger partial charge in [-0.2, -0.15) is 0 Å². The SMILES string of the molecule is CCCCC(CC)C(O)Cc1ccc(OC)c(F)c1. The summed E-state index contributed by atoms with van der Waals surface area (Å²) in [6.45, 7) is 4.25. The van der Waals surface area contributed by atoms with Crippen molar-refractivity contribution in [3.63, 3.8) is 0 Å². The molecule has 1 N–H and O–H groups in total. The Morgan fingerprint density at radius 2 is 2.05 bits per heavy atom. The predicted octanol–water partition coefficient (Wildman–Crippen LogP) is 3.95. The molecular weight excluding hydrogens is 243 g/mol. The minimum Gasteiger partial charge on any atom is -0.494 e. The van der Waals surface area contributed by atoms with Gasteiger partial charge in [-0.25, -0.2) is 4.39 Å². The lowest BCUT2D eigenvalue weighted by molar-refractivity contribution is 0.0986. The lowest BCUT2D eigenvalue weighted by atomic mass is 9.89. The number of methoxy groups -OCH3 is 1. The van der Waals surface area contributed by atoms with E-state index in [1.807, 2.05) is 6.07 Å². The zero-order valence-corrected chi connectivity index (χ0v) is 12.2. The molecule has 1 aromatic rings. The molecule has 0 heterocycles. The molecule has 0 spiro atoms. The third-order valence-electron chi connectivity index (χ3n) is 3.66. The molecule has 19 heavy (non-hydrogen) atoms. The van der Waals surface area contributed by atoms with E-state index in [1.165, 1.54) is 13.2 Å². The Labute approximate surface area is 115 Å². The number of hydrogen-bond acceptors (Lipinski definition) is 2. The molecule has 2 nitrogen and oxygen atoms in total. The molecule has 0 saturated heterocycles. The summed E-state index contributed by atoms with van der Waals surface area (Å²) in [5.74, 6) is 0.176. The van der Waals surface area contributed by atoms with Crippen LogP contribution >= 0.6 is 0 Å². The van der Waals surface area contributed by atoms with Crippen LogP contribution in [-0.4, -0.2) is 18.3 Å². The average molecular weight is 268 g/mol. The van der Waals surface area contributed by atoms with E-state index < -0.39 is 6.10 Å². The van der Waals surface area contributed by atoms with Gasteiger partial charge in [0.2, 0.25) is 0 Å². The first kappa shape index (κ1) is 16.0. The molecule has 2 atom stereocenters. The van der Waals surface area contributed by atoms with Gasteiger partial charge in [-0.15, -0.1) is 0 Å². The molecule has 0 aliphatic rings. The highest BCUT2D eigenvalue weighted by molar-refractivity contribution is 5.29. The number of ether oxygens (including phenoxy) is 1. The van der Waals surface area contributed by atoms with Gasteiger partial charge in [-0.1, -0.05) is 39.2 Å². The fraction of sp³-hybridized carbons (Fsp3) is 0.625. The summed E-state index contributed by atoms with van der Waals surface area (Å²) in [6.07, 6.45) is 4.37. The van der Waals surface area contributed by atoms with Crippen molar-refractivity contribution in [1.29, 1.82) is 0 Å². The van der Waals surface area contributed by atoms with E-state index in [1.54, 1.807) is 6.07 Å². The number of benzene rings is 1. The molecule has 3 heteroatoms. The Morgan fingerprint density at radius 3 is 2.58 bits per heavy atom. The van der Waals surface area contributed by atoms with E-state index in [9.17, 15) is 9.50 Å². The van der Waals surface area contributed by atoms with E-state index in [0.717, 1.165) is 31.2 Å². The molecular formula is C16H25FO2. The number of aliphatic hydroxyl groups excluding tert-OH is 1. The Balaban J connectivity index is 2.64. The molecule has 0 amide bonds. The topological polar surface area (TPSA) is 29.5 Å². The van der Waals surface area contributed by atoms with Crippen LogP contribution in [-0.2, 0) is 6.42 Å². The molecule has 0 aromatic heterocycles. The van der Waals surface area contributed by atoms with Crippen LogP contribution in [0, 0.1) is 11.7 Å². The van der Waals surface area contributed by atoms with Crippen LogP contribution in [0.15, 0.2) is 18.2 Å². The molecule has 0 aliphatic heterocycles. The summed E-state index contributed by atoms with van der Waals surface area (Å²) in [6, 6.07) is 4.89. The summed E-state index contributed by atoms with van der Waals surface area (Å²) in [5, 5.41) is 10.3. The van der Waals surface area contributed by atoms with E-state index >= 15 is 0 Å². The van der Waals surface area contributed by atoms with Gasteiger partial charge in [0.1, 0.15) is 0 Å². The van der Waals surface area contributed by atoms with Gasteiger partial charge in [0, 0.05) is 0 Å². The van der Waals surface area contributed by atoms with Crippen molar-refractivity contribution in [1.82, 2.24) is 0 Å². The Kier molecular flexibility index (Phi) is 6.85. The van der Waals surface area contributed by atoms with Crippen molar-refractivity contribution >= 4 is 0 Å². The second-order valence-electron chi connectivity index (χ2n) is 5.05. The summed E-state index contributed by atoms with van der Waals surface area (Å²) in [7, 11) is 1.45. The number of aliphatic hydroxyl groups is 1. The fourth-order valence-corrected chi connectivity index (χ4v) is 2.38. The lowest BCUT2D eigenvalue weighted by Gasteiger charge is -2.21. The van der Waals surface area contributed by atoms with Gasteiger partial charge in [-0.05, 0) is 36.5 Å². The zero-order chi connectivity index (χ0) is 14.3. The first-order chi connectivity index (χ1) is 9.12. The normalized spacial score (nSPS) is 14.2. The second-order valence-corrected chi connectivity index (χ2v) is 5.05. The van der Waals surface area contributed by atoms with E-state index in [-0.39, 0.29) is 11.6 Å². The minimum atomic E-state index is -0.399. The first-order valence-electron chi connectivity index (χ1n) is 7.12. The smallest absolute Gasteiger partial charge is 0.165 e. The predicted molar refractivity (Wildman–Crippen MR) is 76.0 cm³/mol. The van der Waals surface area contributed by atoms with Crippen LogP contribution in [0.4, 0.5) is 4.39 Å². The van der Waals surface area contributed by atoms with Crippen LogP contribution in [0.2, 0.25) is 0 Å². The number of unbranched alkanes of at least 4 members (excludes halogenated alkanes) is 1. The van der Waals surface area contributed by atoms with Crippen molar-refractivity contribution < 1.29 is 14.2 Å². The molecule has 0 aliphatic carbocycles. The fourth-order valence-electron chi connectivity index (χ4n) is 2.38. The molecule has 108 valence electrons. The van der Waals surface area contributed by atoms with Gasteiger partial charge in [0.15, 0.2) is 11.6 Å². The largest absolute Gasteiger partial charge is 0.494 e. The van der Waals surface area contributed by atoms with Gasteiger partial charge in [0.25, 0.3) is 0 Å². The second kappa shape index (κ2) is 8.16. The van der Waals surface area contributed by atoms with Crippen LogP contribution < -0.4 is 4.74 Å². The highest BCUT2D eigenvalue weighted by atomic mass is 19.1. The van der Waals surface area contributed by atoms with Gasteiger partial charge in [0.05, 0.1) is 13.2 Å². The molecule has 1 rings (SSSR count). The zero-order valence-electron chi connectivity index (χ0n) is 12.2. The van der Waals surface area contributed by atoms with Crippen LogP contribution in [0.25, 0.3) is 0 Å². The maximum Gasteiger partial charge on any atom is 0.165 e. The molecule has 0 saturated carbocycles. The molecule has 0 fully saturated rings. The molecule has 0 radical (unpaired) electrons. The summed E-state index contributed by atoms with van der Waals surface area (Å²) in [4.78, 5) is 0. The standard InChI is InChI=1S/C16H25FO2/c1-4-6-7-13(5-2)15(18)11-12-8-9-16(19-3)14(17)10-12/h8-10,13,15,18H,4-7,11H2,1-3H3. The number of rotatable bonds is 8. The van der Waals surface area contributed by atoms with Crippen molar-refractivity contribution in [2.24, 2.45) is 5.92 Å². The Hall–Kier alpha value is -1.09. The number of hydrogen-bond donors (Lipinski definition) is 1. The van der Waals surface area contributed by atoms with Gasteiger partial charge < -0.3 is 9.84 Å². The van der Waals surface area contributed by atoms with Crippen molar-refractivity contribution in [3.8, 4) is 5.75 Å². The summed E-state index contributed by atoms with van der Waals surface area (Å²) >= 11 is 0. The van der Waals surface area contributed by atoms with Crippen LogP contribution in [0.1, 0.15) is 45.1 Å². The molecule has 1 aromatic carbocycles. The third kappa shape index (κ3) is 4.83. The minimum absolute atomic E-state index is 0.247. The maximum absolute atomic E-state index is 13.6. The Bertz CT molecular complexity index is 379. The Morgan fingerprint density at radius 1 is 1.32 bits per heavy atom. The van der Waals surface area contributed by atoms with E-state index in [0.29, 0.717) is 12.3 Å². The molecule has 0 bridgehead atoms. The van der Waals surface area contributed by atoms with Crippen molar-refractivity contribution in [3.05, 3.63) is 29.6 Å². The van der Waals surface area contributed by atoms with Crippen LogP contribution in [0.3, 0.4) is 0 Å². The third-order valence-corrected chi connectivity index (χ3v) is 3.66. The average Bonchev–Trinajstić information content (AvgIpc) is 2.40. The van der Waals surface area contributed by atoms with E-state index in [2.05, 4.69) is 13.8 Å². The van der Waals surface area contributed by atoms with Gasteiger partial charge >= 0.3 is 0 Å². The quantitative estimate of drug-likeness (QED) is 0.773. The van der Waals surface area contributed by atoms with E-state index in [4.69, 9.17) is 4.74 Å². The van der Waals surface area contributed by atoms with Crippen molar-refractivity contribution in [2.45, 2.75) is 52.1 Å². The highest BCUT2D eigenvalue weighted by Crippen LogP contribution is 2.23.